The minimum atomic E-state index is -0.195. The first-order valence-electron chi connectivity index (χ1n) is 12.9. The van der Waals surface area contributed by atoms with Crippen LogP contribution in [0.2, 0.25) is 0 Å². The van der Waals surface area contributed by atoms with Crippen LogP contribution in [0.15, 0.2) is 108 Å². The lowest BCUT2D eigenvalue weighted by atomic mass is 9.81. The van der Waals surface area contributed by atoms with Crippen molar-refractivity contribution in [3.05, 3.63) is 114 Å². The minimum Gasteiger partial charge on any atom is -0.456 e. The largest absolute Gasteiger partial charge is 0.456 e. The molecule has 7 aromatic rings. The fourth-order valence-corrected chi connectivity index (χ4v) is 6.12. The third-order valence-electron chi connectivity index (χ3n) is 7.92. The van der Waals surface area contributed by atoms with Gasteiger partial charge in [-0.05, 0) is 53.1 Å². The zero-order valence-corrected chi connectivity index (χ0v) is 21.1. The quantitative estimate of drug-likeness (QED) is 0.244. The van der Waals surface area contributed by atoms with Gasteiger partial charge in [0.25, 0.3) is 0 Å². The first-order chi connectivity index (χ1) is 18.6. The summed E-state index contributed by atoms with van der Waals surface area (Å²) in [6.07, 6.45) is 1.80. The summed E-state index contributed by atoms with van der Waals surface area (Å²) in [6, 6.07) is 33.4. The number of aromatic nitrogens is 3. The second kappa shape index (κ2) is 7.59. The molecule has 0 N–H and O–H groups in total. The van der Waals surface area contributed by atoms with E-state index in [-0.39, 0.29) is 5.41 Å². The lowest BCUT2D eigenvalue weighted by Crippen LogP contribution is -2.15. The fraction of sp³-hybridized carbons (Fsp3) is 0.0882. The normalized spacial score (nSPS) is 13.7. The summed E-state index contributed by atoms with van der Waals surface area (Å²) in [7, 11) is 0. The van der Waals surface area contributed by atoms with Crippen LogP contribution < -0.4 is 0 Å². The van der Waals surface area contributed by atoms with Crippen molar-refractivity contribution in [2.24, 2.45) is 0 Å². The van der Waals surface area contributed by atoms with Crippen molar-refractivity contribution in [2.75, 3.05) is 0 Å². The van der Waals surface area contributed by atoms with Gasteiger partial charge in [-0.3, -0.25) is 4.98 Å². The van der Waals surface area contributed by atoms with Gasteiger partial charge in [-0.15, -0.1) is 0 Å². The zero-order chi connectivity index (χ0) is 25.4. The molecule has 3 aromatic heterocycles. The van der Waals surface area contributed by atoms with Crippen LogP contribution in [-0.4, -0.2) is 15.0 Å². The summed E-state index contributed by atoms with van der Waals surface area (Å²) in [5.41, 5.74) is 10.2. The number of nitrogens with zero attached hydrogens (tertiary/aromatic N) is 3. The van der Waals surface area contributed by atoms with Gasteiger partial charge in [0, 0.05) is 38.9 Å². The van der Waals surface area contributed by atoms with Gasteiger partial charge in [0.05, 0.1) is 11.2 Å². The maximum absolute atomic E-state index is 6.46. The Morgan fingerprint density at radius 1 is 0.684 bits per heavy atom. The Kier molecular flexibility index (Phi) is 4.25. The first kappa shape index (κ1) is 21.3. The second-order valence-corrected chi connectivity index (χ2v) is 10.5. The van der Waals surface area contributed by atoms with Gasteiger partial charge in [0.1, 0.15) is 16.9 Å². The Morgan fingerprint density at radius 3 is 2.37 bits per heavy atom. The molecule has 1 aliphatic carbocycles. The van der Waals surface area contributed by atoms with E-state index < -0.39 is 0 Å². The van der Waals surface area contributed by atoms with Gasteiger partial charge in [-0.25, -0.2) is 9.97 Å². The van der Waals surface area contributed by atoms with Gasteiger partial charge < -0.3 is 4.42 Å². The van der Waals surface area contributed by atoms with E-state index in [1.807, 2.05) is 48.5 Å². The standard InChI is InChI=1S/C34H23N3O/c1-34(2)26-17-14-20(33-36-27-11-5-3-10-24(27)31(37-33)28-12-7-8-18-35-28)19-25(26)22-15-16-23-21-9-4-6-13-29(21)38-32(23)30(22)34/h3-19H,1-2H3. The van der Waals surface area contributed by atoms with E-state index in [1.165, 1.54) is 27.6 Å². The predicted molar refractivity (Wildman–Crippen MR) is 153 cm³/mol. The molecule has 4 heteroatoms. The highest BCUT2D eigenvalue weighted by Crippen LogP contribution is 2.53. The van der Waals surface area contributed by atoms with E-state index in [9.17, 15) is 0 Å². The number of furan rings is 1. The molecule has 8 rings (SSSR count). The molecular formula is C34H23N3O. The highest BCUT2D eigenvalue weighted by molar-refractivity contribution is 6.09. The zero-order valence-electron chi connectivity index (χ0n) is 21.1. The maximum Gasteiger partial charge on any atom is 0.160 e. The molecule has 0 spiro atoms. The average Bonchev–Trinajstić information content (AvgIpc) is 3.45. The second-order valence-electron chi connectivity index (χ2n) is 10.5. The molecule has 0 saturated carbocycles. The Morgan fingerprint density at radius 2 is 1.50 bits per heavy atom. The lowest BCUT2D eigenvalue weighted by Gasteiger charge is -2.21. The number of para-hydroxylation sites is 2. The van der Waals surface area contributed by atoms with E-state index in [2.05, 4.69) is 67.4 Å². The van der Waals surface area contributed by atoms with Crippen molar-refractivity contribution in [3.8, 4) is 33.9 Å². The molecule has 0 unspecified atom stereocenters. The third kappa shape index (κ3) is 2.88. The van der Waals surface area contributed by atoms with Crippen molar-refractivity contribution in [1.29, 1.82) is 0 Å². The smallest absolute Gasteiger partial charge is 0.160 e. The minimum absolute atomic E-state index is 0.195. The molecule has 4 nitrogen and oxygen atoms in total. The van der Waals surface area contributed by atoms with E-state index in [1.54, 1.807) is 6.20 Å². The number of benzene rings is 4. The Bertz CT molecular complexity index is 2050. The number of fused-ring (bicyclic) bond motifs is 8. The van der Waals surface area contributed by atoms with Gasteiger partial charge in [0.2, 0.25) is 0 Å². The molecule has 0 fully saturated rings. The topological polar surface area (TPSA) is 51.8 Å². The van der Waals surface area contributed by atoms with E-state index in [4.69, 9.17) is 14.4 Å². The number of hydrogen-bond donors (Lipinski definition) is 0. The van der Waals surface area contributed by atoms with E-state index >= 15 is 0 Å². The average molecular weight is 490 g/mol. The molecule has 180 valence electrons. The molecule has 0 saturated heterocycles. The number of rotatable bonds is 2. The molecule has 0 aliphatic heterocycles. The van der Waals surface area contributed by atoms with E-state index in [0.717, 1.165) is 44.4 Å². The molecular weight excluding hydrogens is 466 g/mol. The summed E-state index contributed by atoms with van der Waals surface area (Å²) < 4.78 is 6.46. The summed E-state index contributed by atoms with van der Waals surface area (Å²) in [5, 5.41) is 3.32. The first-order valence-corrected chi connectivity index (χ1v) is 12.9. The van der Waals surface area contributed by atoms with E-state index in [0.29, 0.717) is 5.82 Å². The van der Waals surface area contributed by atoms with Crippen molar-refractivity contribution in [2.45, 2.75) is 19.3 Å². The Balaban J connectivity index is 1.36. The van der Waals surface area contributed by atoms with Crippen LogP contribution in [0.25, 0.3) is 66.7 Å². The van der Waals surface area contributed by atoms with Gasteiger partial charge in [-0.1, -0.05) is 74.5 Å². The van der Waals surface area contributed by atoms with Gasteiger partial charge in [-0.2, -0.15) is 0 Å². The third-order valence-corrected chi connectivity index (χ3v) is 7.92. The lowest BCUT2D eigenvalue weighted by molar-refractivity contribution is 0.620. The molecule has 0 atom stereocenters. The molecule has 0 radical (unpaired) electrons. The number of hydrogen-bond acceptors (Lipinski definition) is 4. The maximum atomic E-state index is 6.46. The number of pyridine rings is 1. The molecule has 1 aliphatic rings. The molecule has 3 heterocycles. The van der Waals surface area contributed by atoms with Crippen molar-refractivity contribution in [3.63, 3.8) is 0 Å². The van der Waals surface area contributed by atoms with Crippen LogP contribution in [0.1, 0.15) is 25.0 Å². The summed E-state index contributed by atoms with van der Waals surface area (Å²) >= 11 is 0. The Hall–Kier alpha value is -4.83. The van der Waals surface area contributed by atoms with Crippen LogP contribution in [0.4, 0.5) is 0 Å². The van der Waals surface area contributed by atoms with Crippen LogP contribution in [0.3, 0.4) is 0 Å². The van der Waals surface area contributed by atoms with Crippen LogP contribution in [0.5, 0.6) is 0 Å². The Labute approximate surface area is 219 Å². The van der Waals surface area contributed by atoms with Crippen LogP contribution >= 0.6 is 0 Å². The highest BCUT2D eigenvalue weighted by Gasteiger charge is 2.38. The summed E-state index contributed by atoms with van der Waals surface area (Å²) in [5.74, 6) is 0.697. The molecule has 0 amide bonds. The highest BCUT2D eigenvalue weighted by atomic mass is 16.3. The van der Waals surface area contributed by atoms with Gasteiger partial charge >= 0.3 is 0 Å². The molecule has 4 aromatic carbocycles. The van der Waals surface area contributed by atoms with Crippen molar-refractivity contribution < 1.29 is 4.42 Å². The molecule has 0 bridgehead atoms. The predicted octanol–water partition coefficient (Wildman–Crippen LogP) is 8.56. The van der Waals surface area contributed by atoms with Crippen molar-refractivity contribution >= 4 is 32.8 Å². The van der Waals surface area contributed by atoms with Crippen LogP contribution in [0, 0.1) is 0 Å². The van der Waals surface area contributed by atoms with Gasteiger partial charge in [0.15, 0.2) is 5.82 Å². The summed E-state index contributed by atoms with van der Waals surface area (Å²) in [4.78, 5) is 14.6. The SMILES string of the molecule is CC1(C)c2ccc(-c3nc(-c4ccccn4)c4ccccc4n3)cc2-c2ccc3c(oc4ccccc43)c21. The summed E-state index contributed by atoms with van der Waals surface area (Å²) in [6.45, 7) is 4.57. The monoisotopic (exact) mass is 489 g/mol. The van der Waals surface area contributed by atoms with Crippen LogP contribution in [-0.2, 0) is 5.41 Å². The molecule has 38 heavy (non-hydrogen) atoms. The fourth-order valence-electron chi connectivity index (χ4n) is 6.12. The van der Waals surface area contributed by atoms with Crippen molar-refractivity contribution in [1.82, 2.24) is 15.0 Å².